The molecule has 0 spiro atoms. The summed E-state index contributed by atoms with van der Waals surface area (Å²) < 4.78 is 5.42. The third-order valence-corrected chi connectivity index (χ3v) is 6.43. The molecule has 0 saturated heterocycles. The summed E-state index contributed by atoms with van der Waals surface area (Å²) in [6.07, 6.45) is -2.98. The number of hydrogen-bond donors (Lipinski definition) is 4. The molecule has 2 aromatic carbocycles. The number of amides is 1. The van der Waals surface area contributed by atoms with Crippen molar-refractivity contribution >= 4 is 17.4 Å². The molecule has 2 unspecified atom stereocenters. The molecular formula is C23H23NO5S. The summed E-state index contributed by atoms with van der Waals surface area (Å²) in [5, 5.41) is 32.0. The first kappa shape index (κ1) is 20.6. The van der Waals surface area contributed by atoms with Crippen molar-refractivity contribution in [2.24, 2.45) is 0 Å². The molecule has 156 valence electrons. The highest BCUT2D eigenvalue weighted by molar-refractivity contribution is 7.12. The number of nitrogens with one attached hydrogen (secondary N) is 1. The molecule has 0 radical (unpaired) electrons. The van der Waals surface area contributed by atoms with Crippen LogP contribution in [0.5, 0.6) is 0 Å². The average molecular weight is 426 g/mol. The zero-order valence-electron chi connectivity index (χ0n) is 16.2. The normalized spacial score (nSPS) is 14.6. The molecule has 3 aromatic rings. The first-order chi connectivity index (χ1) is 14.6. The molecule has 0 bridgehead atoms. The lowest BCUT2D eigenvalue weighted by molar-refractivity contribution is 0.0206. The van der Waals surface area contributed by atoms with Crippen molar-refractivity contribution in [2.45, 2.75) is 24.7 Å². The number of aliphatic hydroxyl groups excluding tert-OH is 3. The van der Waals surface area contributed by atoms with Crippen LogP contribution < -0.4 is 5.32 Å². The van der Waals surface area contributed by atoms with E-state index in [1.807, 2.05) is 36.4 Å². The molecule has 2 atom stereocenters. The summed E-state index contributed by atoms with van der Waals surface area (Å²) in [6.45, 7) is -0.0844. The van der Waals surface area contributed by atoms with Crippen LogP contribution in [0.2, 0.25) is 0 Å². The number of ether oxygens (including phenoxy) is 1. The Labute approximate surface area is 178 Å². The summed E-state index contributed by atoms with van der Waals surface area (Å²) in [5.41, 5.74) is 4.55. The van der Waals surface area contributed by atoms with Gasteiger partial charge in [-0.05, 0) is 34.4 Å². The number of thiophene rings is 1. The van der Waals surface area contributed by atoms with Crippen molar-refractivity contribution in [3.8, 4) is 11.1 Å². The second-order valence-electron chi connectivity index (χ2n) is 7.18. The summed E-state index contributed by atoms with van der Waals surface area (Å²) in [6, 6.07) is 19.5. The molecule has 4 rings (SSSR count). The summed E-state index contributed by atoms with van der Waals surface area (Å²) >= 11 is 1.21. The molecule has 7 heteroatoms. The minimum Gasteiger partial charge on any atom is -0.449 e. The molecule has 1 aromatic heterocycles. The number of alkyl carbamates (subject to hydrolysis) is 1. The van der Waals surface area contributed by atoms with Crippen LogP contribution in [-0.2, 0) is 11.3 Å². The van der Waals surface area contributed by atoms with E-state index in [0.717, 1.165) is 22.3 Å². The quantitative estimate of drug-likeness (QED) is 0.466. The molecule has 1 aliphatic rings. The number of aliphatic hydroxyl groups is 3. The van der Waals surface area contributed by atoms with Crippen LogP contribution in [0.15, 0.2) is 60.7 Å². The Morgan fingerprint density at radius 3 is 2.23 bits per heavy atom. The Morgan fingerprint density at radius 2 is 1.63 bits per heavy atom. The van der Waals surface area contributed by atoms with Gasteiger partial charge >= 0.3 is 6.09 Å². The third kappa shape index (κ3) is 4.11. The van der Waals surface area contributed by atoms with E-state index in [0.29, 0.717) is 9.75 Å². The first-order valence-electron chi connectivity index (χ1n) is 9.73. The number of benzene rings is 2. The molecule has 30 heavy (non-hydrogen) atoms. The van der Waals surface area contributed by atoms with Crippen molar-refractivity contribution in [3.05, 3.63) is 81.5 Å². The maximum Gasteiger partial charge on any atom is 0.407 e. The lowest BCUT2D eigenvalue weighted by atomic mass is 9.98. The maximum absolute atomic E-state index is 12.2. The average Bonchev–Trinajstić information content (AvgIpc) is 3.38. The van der Waals surface area contributed by atoms with Gasteiger partial charge in [0.2, 0.25) is 0 Å². The zero-order valence-corrected chi connectivity index (χ0v) is 17.0. The Balaban J connectivity index is 1.33. The van der Waals surface area contributed by atoms with E-state index in [1.165, 1.54) is 11.3 Å². The molecule has 1 amide bonds. The van der Waals surface area contributed by atoms with Crippen LogP contribution in [0.4, 0.5) is 4.79 Å². The van der Waals surface area contributed by atoms with Crippen LogP contribution in [-0.4, -0.2) is 40.7 Å². The van der Waals surface area contributed by atoms with E-state index in [-0.39, 0.29) is 25.7 Å². The Morgan fingerprint density at radius 1 is 1.00 bits per heavy atom. The van der Waals surface area contributed by atoms with Crippen molar-refractivity contribution in [3.63, 3.8) is 0 Å². The fraction of sp³-hybridized carbons (Fsp3) is 0.261. The van der Waals surface area contributed by atoms with Crippen LogP contribution in [0, 0.1) is 0 Å². The van der Waals surface area contributed by atoms with Crippen LogP contribution in [0.1, 0.15) is 32.9 Å². The van der Waals surface area contributed by atoms with Gasteiger partial charge in [-0.2, -0.15) is 0 Å². The highest BCUT2D eigenvalue weighted by Gasteiger charge is 2.29. The van der Waals surface area contributed by atoms with Gasteiger partial charge in [-0.1, -0.05) is 48.5 Å². The minimum atomic E-state index is -1.18. The first-order valence-corrected chi connectivity index (χ1v) is 10.5. The van der Waals surface area contributed by atoms with Gasteiger partial charge in [0.25, 0.3) is 0 Å². The molecule has 6 nitrogen and oxygen atoms in total. The minimum absolute atomic E-state index is 0.0401. The van der Waals surface area contributed by atoms with Gasteiger partial charge in [0.15, 0.2) is 0 Å². The Bertz CT molecular complexity index is 988. The van der Waals surface area contributed by atoms with Gasteiger partial charge in [0.05, 0.1) is 6.61 Å². The highest BCUT2D eigenvalue weighted by Crippen LogP contribution is 2.44. The second kappa shape index (κ2) is 8.97. The number of hydrogen-bond acceptors (Lipinski definition) is 6. The van der Waals surface area contributed by atoms with Crippen LogP contribution >= 0.6 is 11.3 Å². The number of rotatable bonds is 7. The number of fused-ring (bicyclic) bond motifs is 3. The largest absolute Gasteiger partial charge is 0.449 e. The van der Waals surface area contributed by atoms with Gasteiger partial charge in [0, 0.05) is 22.2 Å². The van der Waals surface area contributed by atoms with E-state index in [1.54, 1.807) is 12.1 Å². The molecule has 1 aliphatic carbocycles. The molecule has 0 aliphatic heterocycles. The molecule has 0 saturated carbocycles. The number of carbonyl (C=O) groups excluding carboxylic acids is 1. The van der Waals surface area contributed by atoms with Crippen molar-refractivity contribution in [1.82, 2.24) is 5.32 Å². The van der Waals surface area contributed by atoms with Crippen molar-refractivity contribution in [1.29, 1.82) is 0 Å². The van der Waals surface area contributed by atoms with E-state index >= 15 is 0 Å². The van der Waals surface area contributed by atoms with E-state index < -0.39 is 18.3 Å². The highest BCUT2D eigenvalue weighted by atomic mass is 32.1. The maximum atomic E-state index is 12.2. The van der Waals surface area contributed by atoms with Crippen LogP contribution in [0.3, 0.4) is 0 Å². The summed E-state index contributed by atoms with van der Waals surface area (Å²) in [7, 11) is 0. The van der Waals surface area contributed by atoms with Crippen molar-refractivity contribution in [2.75, 3.05) is 13.2 Å². The molecular weight excluding hydrogens is 402 g/mol. The Hall–Kier alpha value is -2.71. The summed E-state index contributed by atoms with van der Waals surface area (Å²) in [4.78, 5) is 13.4. The predicted molar refractivity (Wildman–Crippen MR) is 114 cm³/mol. The third-order valence-electron chi connectivity index (χ3n) is 5.29. The number of carbonyl (C=O) groups is 1. The summed E-state index contributed by atoms with van der Waals surface area (Å²) in [5.74, 6) is -0.0401. The smallest absolute Gasteiger partial charge is 0.407 e. The fourth-order valence-corrected chi connectivity index (χ4v) is 4.69. The lowest BCUT2D eigenvalue weighted by Crippen LogP contribution is -2.36. The van der Waals surface area contributed by atoms with Crippen LogP contribution in [0.25, 0.3) is 11.1 Å². The van der Waals surface area contributed by atoms with E-state index in [4.69, 9.17) is 9.84 Å². The SMILES string of the molecule is O=C(NCC(O)C(O)c1ccc(CO)s1)OCC1c2ccccc2-c2ccccc21. The lowest BCUT2D eigenvalue weighted by Gasteiger charge is -2.18. The second-order valence-corrected chi connectivity index (χ2v) is 8.38. The van der Waals surface area contributed by atoms with Gasteiger partial charge in [-0.15, -0.1) is 11.3 Å². The molecule has 0 fully saturated rings. The van der Waals surface area contributed by atoms with Gasteiger partial charge < -0.3 is 25.4 Å². The Kier molecular flexibility index (Phi) is 6.15. The molecule has 4 N–H and O–H groups in total. The van der Waals surface area contributed by atoms with Gasteiger partial charge in [-0.3, -0.25) is 0 Å². The molecule has 1 heterocycles. The van der Waals surface area contributed by atoms with E-state index in [2.05, 4.69) is 17.4 Å². The standard InChI is InChI=1S/C23H23NO5S/c25-12-14-9-10-21(30-14)22(27)20(26)11-24-23(28)29-13-19-17-7-3-1-5-15(17)16-6-2-4-8-18(16)19/h1-10,19-20,22,25-27H,11-13H2,(H,24,28). The van der Waals surface area contributed by atoms with Gasteiger partial charge in [-0.25, -0.2) is 4.79 Å². The fourth-order valence-electron chi connectivity index (χ4n) is 3.78. The zero-order chi connectivity index (χ0) is 21.1. The van der Waals surface area contributed by atoms with Crippen molar-refractivity contribution < 1.29 is 24.9 Å². The predicted octanol–water partition coefficient (Wildman–Crippen LogP) is 3.17. The van der Waals surface area contributed by atoms with E-state index in [9.17, 15) is 15.0 Å². The van der Waals surface area contributed by atoms with Gasteiger partial charge in [0.1, 0.15) is 18.8 Å². The topological polar surface area (TPSA) is 99.0 Å². The monoisotopic (exact) mass is 425 g/mol.